The van der Waals surface area contributed by atoms with E-state index in [9.17, 15) is 14.4 Å². The van der Waals surface area contributed by atoms with Crippen LogP contribution in [-0.2, 0) is 14.3 Å². The van der Waals surface area contributed by atoms with E-state index in [-0.39, 0.29) is 11.8 Å². The zero-order chi connectivity index (χ0) is 18.4. The Morgan fingerprint density at radius 2 is 2.08 bits per heavy atom. The first kappa shape index (κ1) is 18.6. The van der Waals surface area contributed by atoms with Crippen molar-refractivity contribution in [3.05, 3.63) is 17.8 Å². The lowest BCUT2D eigenvalue weighted by Crippen LogP contribution is -2.45. The Labute approximate surface area is 158 Å². The second-order valence-corrected chi connectivity index (χ2v) is 7.63. The van der Waals surface area contributed by atoms with Crippen LogP contribution in [0.5, 0.6) is 0 Å². The molecular weight excluding hydrogens is 376 g/mol. The van der Waals surface area contributed by atoms with Crippen LogP contribution in [0.4, 0.5) is 4.79 Å². The molecule has 2 N–H and O–H groups in total. The van der Waals surface area contributed by atoms with Gasteiger partial charge < -0.3 is 10.1 Å². The van der Waals surface area contributed by atoms with Gasteiger partial charge in [-0.25, -0.2) is 14.8 Å². The first-order valence-electron chi connectivity index (χ1n) is 8.19. The molecular formula is C16H18N4O4S2. The number of thiophene rings is 1. The minimum atomic E-state index is -0.652. The van der Waals surface area contributed by atoms with Crippen molar-refractivity contribution < 1.29 is 19.1 Å². The summed E-state index contributed by atoms with van der Waals surface area (Å²) in [6.45, 7) is -0.491. The molecule has 1 aliphatic rings. The Morgan fingerprint density at radius 3 is 2.88 bits per heavy atom. The second-order valence-electron chi connectivity index (χ2n) is 5.77. The number of rotatable bonds is 6. The minimum Gasteiger partial charge on any atom is -0.455 e. The number of ether oxygens (including phenoxy) is 1. The van der Waals surface area contributed by atoms with E-state index in [1.807, 2.05) is 11.4 Å². The Balaban J connectivity index is 1.37. The summed E-state index contributed by atoms with van der Waals surface area (Å²) >= 11 is 2.71. The fraction of sp³-hybridized carbons (Fsp3) is 0.438. The highest BCUT2D eigenvalue weighted by Gasteiger charge is 2.18. The number of imide groups is 1. The number of hydrogen-bond donors (Lipinski definition) is 2. The molecule has 1 aliphatic carbocycles. The lowest BCUT2D eigenvalue weighted by atomic mass is 10.2. The summed E-state index contributed by atoms with van der Waals surface area (Å²) in [6, 6.07) is 1.46. The molecule has 2 aromatic heterocycles. The number of fused-ring (bicyclic) bond motifs is 1. The maximum atomic E-state index is 11.8. The number of nitrogens with zero attached hydrogens (tertiary/aromatic N) is 2. The summed E-state index contributed by atoms with van der Waals surface area (Å²) in [5.74, 6) is -1.19. The molecule has 0 unspecified atom stereocenters. The summed E-state index contributed by atoms with van der Waals surface area (Å²) < 4.78 is 4.90. The summed E-state index contributed by atoms with van der Waals surface area (Å²) in [5.41, 5.74) is 0. The van der Waals surface area contributed by atoms with Crippen LogP contribution in [0.1, 0.15) is 25.7 Å². The van der Waals surface area contributed by atoms with Crippen LogP contribution >= 0.6 is 23.1 Å². The Bertz CT molecular complexity index is 804. The molecule has 1 fully saturated rings. The SMILES string of the molecule is O=C(COC(=O)CSc1ncnc2sccc12)NC(=O)NC1CCCC1. The zero-order valence-electron chi connectivity index (χ0n) is 13.9. The minimum absolute atomic E-state index is 0.0174. The van der Waals surface area contributed by atoms with Crippen molar-refractivity contribution in [2.24, 2.45) is 0 Å². The van der Waals surface area contributed by atoms with Crippen LogP contribution in [0.2, 0.25) is 0 Å². The van der Waals surface area contributed by atoms with E-state index >= 15 is 0 Å². The number of thioether (sulfide) groups is 1. The maximum absolute atomic E-state index is 11.8. The van der Waals surface area contributed by atoms with Crippen LogP contribution in [-0.4, -0.2) is 46.3 Å². The zero-order valence-corrected chi connectivity index (χ0v) is 15.5. The highest BCUT2D eigenvalue weighted by molar-refractivity contribution is 8.00. The molecule has 138 valence electrons. The average Bonchev–Trinajstić information content (AvgIpc) is 3.29. The number of hydrogen-bond acceptors (Lipinski definition) is 8. The Hall–Kier alpha value is -2.20. The molecule has 2 aromatic rings. The molecule has 0 aromatic carbocycles. The quantitative estimate of drug-likeness (QED) is 0.438. The fourth-order valence-electron chi connectivity index (χ4n) is 2.65. The summed E-state index contributed by atoms with van der Waals surface area (Å²) in [6.07, 6.45) is 5.46. The van der Waals surface area contributed by atoms with Gasteiger partial charge in [0.1, 0.15) is 16.2 Å². The van der Waals surface area contributed by atoms with Gasteiger partial charge in [0.15, 0.2) is 6.61 Å². The van der Waals surface area contributed by atoms with E-state index in [2.05, 4.69) is 20.6 Å². The van der Waals surface area contributed by atoms with Crippen molar-refractivity contribution in [1.29, 1.82) is 0 Å². The van der Waals surface area contributed by atoms with E-state index in [0.29, 0.717) is 5.03 Å². The lowest BCUT2D eigenvalue weighted by Gasteiger charge is -2.12. The summed E-state index contributed by atoms with van der Waals surface area (Å²) in [7, 11) is 0. The molecule has 0 aliphatic heterocycles. The average molecular weight is 394 g/mol. The number of amides is 3. The van der Waals surface area contributed by atoms with Gasteiger partial charge in [-0.15, -0.1) is 11.3 Å². The number of urea groups is 1. The molecule has 0 saturated heterocycles. The standard InChI is InChI=1S/C16H18N4O4S2/c21-12(20-16(23)19-10-3-1-2-4-10)7-24-13(22)8-26-15-11-5-6-25-14(11)17-9-18-15/h5-6,9-10H,1-4,7-8H2,(H2,19,20,21,23). The highest BCUT2D eigenvalue weighted by Crippen LogP contribution is 2.27. The summed E-state index contributed by atoms with van der Waals surface area (Å²) in [4.78, 5) is 44.3. The number of carbonyl (C=O) groups is 3. The molecule has 0 atom stereocenters. The van der Waals surface area contributed by atoms with Gasteiger partial charge in [0, 0.05) is 11.4 Å². The monoisotopic (exact) mass is 394 g/mol. The molecule has 3 rings (SSSR count). The van der Waals surface area contributed by atoms with Crippen molar-refractivity contribution in [3.63, 3.8) is 0 Å². The molecule has 0 bridgehead atoms. The van der Waals surface area contributed by atoms with E-state index in [4.69, 9.17) is 4.74 Å². The van der Waals surface area contributed by atoms with E-state index in [1.165, 1.54) is 29.4 Å². The smallest absolute Gasteiger partial charge is 0.321 e. The predicted octanol–water partition coefficient (Wildman–Crippen LogP) is 2.09. The molecule has 8 nitrogen and oxygen atoms in total. The van der Waals surface area contributed by atoms with Gasteiger partial charge in [0.25, 0.3) is 5.91 Å². The third-order valence-electron chi connectivity index (χ3n) is 3.86. The lowest BCUT2D eigenvalue weighted by molar-refractivity contribution is -0.145. The van der Waals surface area contributed by atoms with Gasteiger partial charge in [-0.3, -0.25) is 14.9 Å². The van der Waals surface area contributed by atoms with Crippen molar-refractivity contribution in [2.45, 2.75) is 36.8 Å². The van der Waals surface area contributed by atoms with Gasteiger partial charge in [0.2, 0.25) is 0 Å². The third kappa shape index (κ3) is 5.15. The van der Waals surface area contributed by atoms with Crippen molar-refractivity contribution in [3.8, 4) is 0 Å². The molecule has 0 spiro atoms. The van der Waals surface area contributed by atoms with Crippen LogP contribution < -0.4 is 10.6 Å². The van der Waals surface area contributed by atoms with Crippen molar-refractivity contribution in [2.75, 3.05) is 12.4 Å². The van der Waals surface area contributed by atoms with Crippen LogP contribution in [0.25, 0.3) is 10.2 Å². The number of carbonyl (C=O) groups excluding carboxylic acids is 3. The molecule has 1 saturated carbocycles. The van der Waals surface area contributed by atoms with E-state index in [0.717, 1.165) is 35.9 Å². The molecule has 10 heteroatoms. The number of aromatic nitrogens is 2. The highest BCUT2D eigenvalue weighted by atomic mass is 32.2. The molecule has 0 radical (unpaired) electrons. The van der Waals surface area contributed by atoms with Crippen LogP contribution in [0.3, 0.4) is 0 Å². The Morgan fingerprint density at radius 1 is 1.27 bits per heavy atom. The molecule has 26 heavy (non-hydrogen) atoms. The number of nitrogens with one attached hydrogen (secondary N) is 2. The fourth-order valence-corrected chi connectivity index (χ4v) is 4.23. The van der Waals surface area contributed by atoms with E-state index < -0.39 is 24.5 Å². The Kier molecular flexibility index (Phi) is 6.40. The largest absolute Gasteiger partial charge is 0.455 e. The van der Waals surface area contributed by atoms with Crippen LogP contribution in [0, 0.1) is 0 Å². The van der Waals surface area contributed by atoms with Gasteiger partial charge in [-0.05, 0) is 24.3 Å². The van der Waals surface area contributed by atoms with Crippen molar-refractivity contribution >= 4 is 51.2 Å². The summed E-state index contributed by atoms with van der Waals surface area (Å²) in [5, 5.41) is 8.37. The molecule has 2 heterocycles. The van der Waals surface area contributed by atoms with Gasteiger partial charge in [-0.1, -0.05) is 24.6 Å². The van der Waals surface area contributed by atoms with E-state index in [1.54, 1.807) is 0 Å². The van der Waals surface area contributed by atoms with Gasteiger partial charge in [0.05, 0.1) is 5.75 Å². The first-order chi connectivity index (χ1) is 12.6. The third-order valence-corrected chi connectivity index (χ3v) is 5.66. The van der Waals surface area contributed by atoms with Gasteiger partial charge in [-0.2, -0.15) is 0 Å². The van der Waals surface area contributed by atoms with Crippen LogP contribution in [0.15, 0.2) is 22.8 Å². The second kappa shape index (κ2) is 8.95. The number of esters is 1. The first-order valence-corrected chi connectivity index (χ1v) is 10.1. The van der Waals surface area contributed by atoms with Crippen molar-refractivity contribution in [1.82, 2.24) is 20.6 Å². The van der Waals surface area contributed by atoms with Gasteiger partial charge >= 0.3 is 12.0 Å². The predicted molar refractivity (Wildman–Crippen MR) is 98.0 cm³/mol. The molecule has 3 amide bonds. The topological polar surface area (TPSA) is 110 Å². The normalized spacial score (nSPS) is 14.3. The maximum Gasteiger partial charge on any atom is 0.321 e.